The highest BCUT2D eigenvalue weighted by atomic mass is 16.5. The molecule has 0 aromatic heterocycles. The second-order valence-electron chi connectivity index (χ2n) is 5.15. The molecule has 96 valence electrons. The lowest BCUT2D eigenvalue weighted by atomic mass is 9.85. The van der Waals surface area contributed by atoms with Crippen molar-refractivity contribution in [3.05, 3.63) is 0 Å². The minimum atomic E-state index is 0.171. The van der Waals surface area contributed by atoms with Crippen molar-refractivity contribution < 1.29 is 4.74 Å². The minimum absolute atomic E-state index is 0.171. The zero-order valence-corrected chi connectivity index (χ0v) is 11.2. The number of piperidine rings is 1. The summed E-state index contributed by atoms with van der Waals surface area (Å²) in [5, 5.41) is 0. The maximum atomic E-state index is 6.02. The summed E-state index contributed by atoms with van der Waals surface area (Å²) >= 11 is 0. The largest absolute Gasteiger partial charge is 0.383 e. The van der Waals surface area contributed by atoms with Crippen LogP contribution in [0.15, 0.2) is 0 Å². The molecule has 4 nitrogen and oxygen atoms in total. The lowest BCUT2D eigenvalue weighted by molar-refractivity contribution is 0.00202. The Balaban J connectivity index is 2.64. The lowest BCUT2D eigenvalue weighted by Crippen LogP contribution is -2.60. The Bertz CT molecular complexity index is 202. The molecule has 16 heavy (non-hydrogen) atoms. The van der Waals surface area contributed by atoms with Gasteiger partial charge in [-0.15, -0.1) is 0 Å². The van der Waals surface area contributed by atoms with Crippen LogP contribution in [0.4, 0.5) is 0 Å². The van der Waals surface area contributed by atoms with Gasteiger partial charge in [0.05, 0.1) is 6.61 Å². The van der Waals surface area contributed by atoms with Gasteiger partial charge in [0, 0.05) is 25.2 Å². The van der Waals surface area contributed by atoms with E-state index in [-0.39, 0.29) is 5.54 Å². The van der Waals surface area contributed by atoms with Crippen molar-refractivity contribution >= 4 is 0 Å². The number of rotatable bonds is 5. The van der Waals surface area contributed by atoms with Crippen molar-refractivity contribution in [2.75, 3.05) is 47.4 Å². The molecule has 1 saturated heterocycles. The first-order valence-corrected chi connectivity index (χ1v) is 6.16. The van der Waals surface area contributed by atoms with Gasteiger partial charge in [0.2, 0.25) is 0 Å². The molecule has 0 bridgehead atoms. The second-order valence-corrected chi connectivity index (χ2v) is 5.15. The van der Waals surface area contributed by atoms with E-state index in [0.29, 0.717) is 6.04 Å². The summed E-state index contributed by atoms with van der Waals surface area (Å²) in [5.74, 6) is 0. The highest BCUT2D eigenvalue weighted by Gasteiger charge is 2.37. The van der Waals surface area contributed by atoms with Crippen LogP contribution >= 0.6 is 0 Å². The summed E-state index contributed by atoms with van der Waals surface area (Å²) in [6.45, 7) is 6.00. The maximum Gasteiger partial charge on any atom is 0.0615 e. The molecule has 0 radical (unpaired) electrons. The molecule has 0 aromatic rings. The van der Waals surface area contributed by atoms with Crippen molar-refractivity contribution in [1.29, 1.82) is 0 Å². The van der Waals surface area contributed by atoms with Crippen LogP contribution in [0.3, 0.4) is 0 Å². The molecule has 0 spiro atoms. The number of nitrogens with two attached hydrogens (primary N) is 1. The zero-order chi connectivity index (χ0) is 12.2. The third-order valence-corrected chi connectivity index (χ3v) is 4.11. The first-order chi connectivity index (χ1) is 7.55. The monoisotopic (exact) mass is 229 g/mol. The second kappa shape index (κ2) is 5.96. The van der Waals surface area contributed by atoms with Gasteiger partial charge in [0.25, 0.3) is 0 Å². The Morgan fingerprint density at radius 2 is 2.00 bits per heavy atom. The lowest BCUT2D eigenvalue weighted by Gasteiger charge is -2.48. The fraction of sp³-hybridized carbons (Fsp3) is 1.00. The summed E-state index contributed by atoms with van der Waals surface area (Å²) in [7, 11) is 6.12. The van der Waals surface area contributed by atoms with Crippen molar-refractivity contribution in [2.24, 2.45) is 5.73 Å². The summed E-state index contributed by atoms with van der Waals surface area (Å²) in [5.41, 5.74) is 6.19. The Morgan fingerprint density at radius 1 is 1.44 bits per heavy atom. The van der Waals surface area contributed by atoms with E-state index in [2.05, 4.69) is 30.8 Å². The van der Waals surface area contributed by atoms with E-state index in [1.165, 1.54) is 0 Å². The van der Waals surface area contributed by atoms with E-state index >= 15 is 0 Å². The van der Waals surface area contributed by atoms with Crippen LogP contribution in [-0.2, 0) is 4.74 Å². The standard InChI is InChI=1S/C12H27N3O/c1-11(9-16-4)15(3)12(10-13)5-7-14(2)8-6-12/h11H,5-10,13H2,1-4H3. The molecule has 1 aliphatic heterocycles. The number of hydrogen-bond donors (Lipinski definition) is 1. The Hall–Kier alpha value is -0.160. The molecule has 0 aromatic carbocycles. The fourth-order valence-electron chi connectivity index (χ4n) is 2.56. The Labute approximate surface area is 99.7 Å². The number of nitrogens with zero attached hydrogens (tertiary/aromatic N) is 2. The van der Waals surface area contributed by atoms with Crippen LogP contribution in [0.2, 0.25) is 0 Å². The molecule has 0 saturated carbocycles. The van der Waals surface area contributed by atoms with Crippen molar-refractivity contribution in [1.82, 2.24) is 9.80 Å². The normalized spacial score (nSPS) is 23.6. The zero-order valence-electron chi connectivity index (χ0n) is 11.2. The molecule has 1 fully saturated rings. The van der Waals surface area contributed by atoms with Gasteiger partial charge >= 0.3 is 0 Å². The van der Waals surface area contributed by atoms with E-state index in [1.54, 1.807) is 7.11 Å². The van der Waals surface area contributed by atoms with Crippen molar-refractivity contribution in [3.8, 4) is 0 Å². The van der Waals surface area contributed by atoms with Crippen LogP contribution < -0.4 is 5.73 Å². The van der Waals surface area contributed by atoms with E-state index in [1.807, 2.05) is 0 Å². The van der Waals surface area contributed by atoms with Gasteiger partial charge in [-0.1, -0.05) is 0 Å². The Morgan fingerprint density at radius 3 is 2.44 bits per heavy atom. The Kier molecular flexibility index (Phi) is 5.18. The van der Waals surface area contributed by atoms with Crippen LogP contribution in [0, 0.1) is 0 Å². The number of hydrogen-bond acceptors (Lipinski definition) is 4. The van der Waals surface area contributed by atoms with Crippen molar-refractivity contribution in [3.63, 3.8) is 0 Å². The summed E-state index contributed by atoms with van der Waals surface area (Å²) < 4.78 is 5.23. The topological polar surface area (TPSA) is 41.7 Å². The van der Waals surface area contributed by atoms with Crippen LogP contribution in [-0.4, -0.2) is 68.8 Å². The molecule has 2 N–H and O–H groups in total. The number of likely N-dealkylation sites (tertiary alicyclic amines) is 1. The first kappa shape index (κ1) is 13.9. The van der Waals surface area contributed by atoms with Gasteiger partial charge in [-0.05, 0) is 47.0 Å². The number of ether oxygens (including phenoxy) is 1. The van der Waals surface area contributed by atoms with Crippen molar-refractivity contribution in [2.45, 2.75) is 31.3 Å². The SMILES string of the molecule is COCC(C)N(C)C1(CN)CCN(C)CC1. The first-order valence-electron chi connectivity index (χ1n) is 6.16. The number of methoxy groups -OCH3 is 1. The van der Waals surface area contributed by atoms with E-state index in [4.69, 9.17) is 10.5 Å². The average Bonchev–Trinajstić information content (AvgIpc) is 2.30. The molecule has 1 atom stereocenters. The summed E-state index contributed by atoms with van der Waals surface area (Å²) in [4.78, 5) is 4.80. The summed E-state index contributed by atoms with van der Waals surface area (Å²) in [6.07, 6.45) is 2.31. The molecule has 1 unspecified atom stereocenters. The molecule has 0 amide bonds. The quantitative estimate of drug-likeness (QED) is 0.740. The van der Waals surface area contributed by atoms with E-state index in [9.17, 15) is 0 Å². The number of likely N-dealkylation sites (N-methyl/N-ethyl adjacent to an activating group) is 1. The van der Waals surface area contributed by atoms with Crippen LogP contribution in [0.1, 0.15) is 19.8 Å². The van der Waals surface area contributed by atoms with Gasteiger partial charge in [-0.2, -0.15) is 0 Å². The average molecular weight is 229 g/mol. The molecule has 1 rings (SSSR count). The fourth-order valence-corrected chi connectivity index (χ4v) is 2.56. The molecule has 4 heteroatoms. The predicted octanol–water partition coefficient (Wildman–Crippen LogP) is 0.376. The van der Waals surface area contributed by atoms with Gasteiger partial charge in [-0.25, -0.2) is 0 Å². The third kappa shape index (κ3) is 2.94. The molecule has 1 aliphatic rings. The molecule has 0 aliphatic carbocycles. The molecular formula is C12H27N3O. The maximum absolute atomic E-state index is 6.02. The van der Waals surface area contributed by atoms with E-state index < -0.39 is 0 Å². The van der Waals surface area contributed by atoms with Gasteiger partial charge < -0.3 is 15.4 Å². The highest BCUT2D eigenvalue weighted by Crippen LogP contribution is 2.28. The predicted molar refractivity (Wildman–Crippen MR) is 67.6 cm³/mol. The van der Waals surface area contributed by atoms with E-state index in [0.717, 1.165) is 39.1 Å². The van der Waals surface area contributed by atoms with Gasteiger partial charge in [0.15, 0.2) is 0 Å². The third-order valence-electron chi connectivity index (χ3n) is 4.11. The van der Waals surface area contributed by atoms with Crippen LogP contribution in [0.5, 0.6) is 0 Å². The molecule has 1 heterocycles. The van der Waals surface area contributed by atoms with Gasteiger partial charge in [0.1, 0.15) is 0 Å². The summed E-state index contributed by atoms with van der Waals surface area (Å²) in [6, 6.07) is 0.428. The highest BCUT2D eigenvalue weighted by molar-refractivity contribution is 4.96. The smallest absolute Gasteiger partial charge is 0.0615 e. The van der Waals surface area contributed by atoms with Gasteiger partial charge in [-0.3, -0.25) is 4.90 Å². The molecular weight excluding hydrogens is 202 g/mol. The van der Waals surface area contributed by atoms with Crippen LogP contribution in [0.25, 0.3) is 0 Å². The minimum Gasteiger partial charge on any atom is -0.383 e.